The first-order valence-corrected chi connectivity index (χ1v) is 7.48. The van der Waals surface area contributed by atoms with E-state index in [9.17, 15) is 4.79 Å². The van der Waals surface area contributed by atoms with Gasteiger partial charge in [0, 0.05) is 23.9 Å². The summed E-state index contributed by atoms with van der Waals surface area (Å²) in [6.07, 6.45) is 1.72. The van der Waals surface area contributed by atoms with Crippen molar-refractivity contribution in [2.75, 3.05) is 14.1 Å². The fraction of sp³-hybridized carbons (Fsp3) is 0.316. The number of rotatable bonds is 5. The molecule has 0 amide bonds. The molecule has 2 nitrogen and oxygen atoms in total. The molecule has 2 aromatic rings. The van der Waals surface area contributed by atoms with Crippen LogP contribution in [0.3, 0.4) is 0 Å². The van der Waals surface area contributed by atoms with E-state index in [0.29, 0.717) is 18.4 Å². The van der Waals surface area contributed by atoms with E-state index < -0.39 is 0 Å². The van der Waals surface area contributed by atoms with Gasteiger partial charge in [0.1, 0.15) is 0 Å². The summed E-state index contributed by atoms with van der Waals surface area (Å²) in [5.41, 5.74) is 3.27. The summed E-state index contributed by atoms with van der Waals surface area (Å²) in [6, 6.07) is 18.7. The molecule has 0 aromatic heterocycles. The molecule has 21 heavy (non-hydrogen) atoms. The highest BCUT2D eigenvalue weighted by molar-refractivity contribution is 5.97. The summed E-state index contributed by atoms with van der Waals surface area (Å²) in [5.74, 6) is 0.847. The SMILES string of the molecule is CN(C)C1CC1c1ccc(CC(=O)c2ccccc2)cc1. The van der Waals surface area contributed by atoms with Crippen LogP contribution in [0.25, 0.3) is 0 Å². The van der Waals surface area contributed by atoms with Crippen LogP contribution in [0.1, 0.15) is 33.8 Å². The number of carbonyl (C=O) groups excluding carboxylic acids is 1. The maximum Gasteiger partial charge on any atom is 0.167 e. The molecule has 1 aliphatic rings. The van der Waals surface area contributed by atoms with Gasteiger partial charge in [0.15, 0.2) is 5.78 Å². The zero-order valence-electron chi connectivity index (χ0n) is 12.6. The molecule has 1 aliphatic carbocycles. The van der Waals surface area contributed by atoms with Crippen LogP contribution in [0.4, 0.5) is 0 Å². The Morgan fingerprint density at radius 3 is 2.29 bits per heavy atom. The lowest BCUT2D eigenvalue weighted by Crippen LogP contribution is -2.15. The largest absolute Gasteiger partial charge is 0.306 e. The van der Waals surface area contributed by atoms with Crippen LogP contribution in [0.15, 0.2) is 54.6 Å². The smallest absolute Gasteiger partial charge is 0.167 e. The molecular weight excluding hydrogens is 258 g/mol. The van der Waals surface area contributed by atoms with Gasteiger partial charge in [-0.15, -0.1) is 0 Å². The molecule has 0 spiro atoms. The summed E-state index contributed by atoms with van der Waals surface area (Å²) in [4.78, 5) is 14.5. The van der Waals surface area contributed by atoms with Gasteiger partial charge in [-0.05, 0) is 31.6 Å². The summed E-state index contributed by atoms with van der Waals surface area (Å²) in [6.45, 7) is 0. The molecule has 0 N–H and O–H groups in total. The highest BCUT2D eigenvalue weighted by Gasteiger charge is 2.39. The van der Waals surface area contributed by atoms with Crippen molar-refractivity contribution in [3.63, 3.8) is 0 Å². The van der Waals surface area contributed by atoms with E-state index >= 15 is 0 Å². The van der Waals surface area contributed by atoms with Gasteiger partial charge in [0.25, 0.3) is 0 Å². The van der Waals surface area contributed by atoms with Crippen LogP contribution < -0.4 is 0 Å². The Morgan fingerprint density at radius 2 is 1.71 bits per heavy atom. The first-order chi connectivity index (χ1) is 10.1. The average molecular weight is 279 g/mol. The third kappa shape index (κ3) is 3.22. The van der Waals surface area contributed by atoms with Crippen LogP contribution in [-0.4, -0.2) is 30.8 Å². The van der Waals surface area contributed by atoms with Crippen LogP contribution in [0, 0.1) is 0 Å². The zero-order valence-corrected chi connectivity index (χ0v) is 12.6. The normalized spacial score (nSPS) is 20.5. The number of hydrogen-bond donors (Lipinski definition) is 0. The Bertz CT molecular complexity index is 616. The van der Waals surface area contributed by atoms with Crippen LogP contribution >= 0.6 is 0 Å². The molecule has 0 radical (unpaired) electrons. The zero-order chi connectivity index (χ0) is 14.8. The first kappa shape index (κ1) is 14.0. The highest BCUT2D eigenvalue weighted by Crippen LogP contribution is 2.43. The lowest BCUT2D eigenvalue weighted by molar-refractivity contribution is 0.0993. The van der Waals surface area contributed by atoms with Crippen molar-refractivity contribution in [3.8, 4) is 0 Å². The summed E-state index contributed by atoms with van der Waals surface area (Å²) >= 11 is 0. The van der Waals surface area contributed by atoms with Crippen molar-refractivity contribution in [2.24, 2.45) is 0 Å². The Kier molecular flexibility index (Phi) is 3.89. The Labute approximate surface area is 126 Å². The molecule has 2 aromatic carbocycles. The lowest BCUT2D eigenvalue weighted by atomic mass is 10.0. The van der Waals surface area contributed by atoms with Gasteiger partial charge in [-0.25, -0.2) is 0 Å². The molecule has 108 valence electrons. The van der Waals surface area contributed by atoms with E-state index in [1.807, 2.05) is 30.3 Å². The predicted octanol–water partition coefficient (Wildman–Crippen LogP) is 3.53. The van der Waals surface area contributed by atoms with E-state index in [0.717, 1.165) is 11.1 Å². The van der Waals surface area contributed by atoms with Crippen molar-refractivity contribution in [2.45, 2.75) is 24.8 Å². The van der Waals surface area contributed by atoms with Crippen LogP contribution in [-0.2, 0) is 6.42 Å². The van der Waals surface area contributed by atoms with E-state index in [4.69, 9.17) is 0 Å². The molecule has 2 heteroatoms. The van der Waals surface area contributed by atoms with Gasteiger partial charge in [-0.1, -0.05) is 54.6 Å². The minimum Gasteiger partial charge on any atom is -0.306 e. The third-order valence-electron chi connectivity index (χ3n) is 4.29. The van der Waals surface area contributed by atoms with E-state index in [2.05, 4.69) is 43.3 Å². The molecule has 2 unspecified atom stereocenters. The van der Waals surface area contributed by atoms with Crippen LogP contribution in [0.5, 0.6) is 0 Å². The summed E-state index contributed by atoms with van der Waals surface area (Å²) in [7, 11) is 4.27. The van der Waals surface area contributed by atoms with Crippen LogP contribution in [0.2, 0.25) is 0 Å². The maximum absolute atomic E-state index is 12.2. The second-order valence-corrected chi connectivity index (χ2v) is 6.08. The third-order valence-corrected chi connectivity index (χ3v) is 4.29. The monoisotopic (exact) mass is 279 g/mol. The second-order valence-electron chi connectivity index (χ2n) is 6.08. The van der Waals surface area contributed by atoms with Gasteiger partial charge < -0.3 is 4.90 Å². The molecular formula is C19H21NO. The summed E-state index contributed by atoms with van der Waals surface area (Å²) < 4.78 is 0. The molecule has 0 bridgehead atoms. The minimum absolute atomic E-state index is 0.181. The molecule has 0 heterocycles. The molecule has 2 atom stereocenters. The highest BCUT2D eigenvalue weighted by atomic mass is 16.1. The van der Waals surface area contributed by atoms with Crippen molar-refractivity contribution < 1.29 is 4.79 Å². The Hall–Kier alpha value is -1.93. The topological polar surface area (TPSA) is 20.3 Å². The Balaban J connectivity index is 1.64. The Morgan fingerprint density at radius 1 is 1.05 bits per heavy atom. The van der Waals surface area contributed by atoms with Gasteiger partial charge in [-0.2, -0.15) is 0 Å². The van der Waals surface area contributed by atoms with Crippen molar-refractivity contribution >= 4 is 5.78 Å². The van der Waals surface area contributed by atoms with Crippen molar-refractivity contribution in [1.82, 2.24) is 4.90 Å². The number of ketones is 1. The van der Waals surface area contributed by atoms with Gasteiger partial charge in [-0.3, -0.25) is 4.79 Å². The van der Waals surface area contributed by atoms with Crippen molar-refractivity contribution in [1.29, 1.82) is 0 Å². The van der Waals surface area contributed by atoms with Gasteiger partial charge >= 0.3 is 0 Å². The average Bonchev–Trinajstić information content (AvgIpc) is 3.30. The van der Waals surface area contributed by atoms with Crippen molar-refractivity contribution in [3.05, 3.63) is 71.3 Å². The van der Waals surface area contributed by atoms with E-state index in [1.165, 1.54) is 12.0 Å². The number of benzene rings is 2. The molecule has 0 saturated heterocycles. The number of hydrogen-bond acceptors (Lipinski definition) is 2. The van der Waals surface area contributed by atoms with Gasteiger partial charge in [0.05, 0.1) is 0 Å². The summed E-state index contributed by atoms with van der Waals surface area (Å²) in [5, 5.41) is 0. The number of likely N-dealkylation sites (N-methyl/N-ethyl adjacent to an activating group) is 1. The van der Waals surface area contributed by atoms with Gasteiger partial charge in [0.2, 0.25) is 0 Å². The van der Waals surface area contributed by atoms with E-state index in [1.54, 1.807) is 0 Å². The molecule has 0 aliphatic heterocycles. The lowest BCUT2D eigenvalue weighted by Gasteiger charge is -2.09. The maximum atomic E-state index is 12.2. The van der Waals surface area contributed by atoms with E-state index in [-0.39, 0.29) is 5.78 Å². The number of Topliss-reactive ketones (excluding diaryl/α,β-unsaturated/α-hetero) is 1. The molecule has 1 saturated carbocycles. The fourth-order valence-electron chi connectivity index (χ4n) is 2.90. The second kappa shape index (κ2) is 5.82. The fourth-order valence-corrected chi connectivity index (χ4v) is 2.90. The first-order valence-electron chi connectivity index (χ1n) is 7.48. The molecule has 3 rings (SSSR count). The minimum atomic E-state index is 0.181. The quantitative estimate of drug-likeness (QED) is 0.780. The predicted molar refractivity (Wildman–Crippen MR) is 85.8 cm³/mol. The number of nitrogens with zero attached hydrogens (tertiary/aromatic N) is 1. The standard InChI is InChI=1S/C19H21NO/c1-20(2)18-13-17(18)15-10-8-14(9-11-15)12-19(21)16-6-4-3-5-7-16/h3-11,17-18H,12-13H2,1-2H3. The number of carbonyl (C=O) groups is 1. The molecule has 1 fully saturated rings.